The van der Waals surface area contributed by atoms with Gasteiger partial charge >= 0.3 is 5.97 Å². The van der Waals surface area contributed by atoms with Gasteiger partial charge in [-0.2, -0.15) is 15.2 Å². The van der Waals surface area contributed by atoms with Crippen molar-refractivity contribution < 1.29 is 14.6 Å². The van der Waals surface area contributed by atoms with Gasteiger partial charge in [-0.05, 0) is 18.6 Å². The van der Waals surface area contributed by atoms with Crippen molar-refractivity contribution in [1.29, 1.82) is 0 Å². The lowest BCUT2D eigenvalue weighted by Crippen LogP contribution is -2.09. The number of hydrogen-bond donors (Lipinski definition) is 3. The van der Waals surface area contributed by atoms with Crippen LogP contribution >= 0.6 is 0 Å². The maximum Gasteiger partial charge on any atom is 0.341 e. The second-order valence-corrected chi connectivity index (χ2v) is 8.19. The summed E-state index contributed by atoms with van der Waals surface area (Å²) >= 11 is 0. The lowest BCUT2D eigenvalue weighted by Gasteiger charge is -2.15. The largest absolute Gasteiger partial charge is 0.494 e. The average Bonchev–Trinajstić information content (AvgIpc) is 3.50. The number of unbranched alkanes of at least 4 members (excludes halogenated alkanes) is 3. The molecule has 0 bridgehead atoms. The van der Waals surface area contributed by atoms with E-state index < -0.39 is 5.97 Å². The van der Waals surface area contributed by atoms with Crippen molar-refractivity contribution >= 4 is 29.1 Å². The molecule has 0 aliphatic carbocycles. The van der Waals surface area contributed by atoms with Crippen LogP contribution in [0.15, 0.2) is 43.1 Å². The van der Waals surface area contributed by atoms with Crippen LogP contribution < -0.4 is 15.4 Å². The van der Waals surface area contributed by atoms with E-state index in [4.69, 9.17) is 4.74 Å². The number of rotatable bonds is 12. The minimum atomic E-state index is -1.16. The highest BCUT2D eigenvalue weighted by atomic mass is 16.5. The number of anilines is 4. The number of aryl methyl sites for hydroxylation is 2. The van der Waals surface area contributed by atoms with Crippen LogP contribution in [-0.4, -0.2) is 52.7 Å². The fourth-order valence-electron chi connectivity index (χ4n) is 3.70. The molecule has 36 heavy (non-hydrogen) atoms. The Morgan fingerprint density at radius 3 is 2.72 bits per heavy atom. The van der Waals surface area contributed by atoms with Crippen molar-refractivity contribution in [3.63, 3.8) is 0 Å². The fourth-order valence-corrected chi connectivity index (χ4v) is 3.70. The number of aromatic carboxylic acids is 1. The molecule has 4 rings (SSSR count). The molecule has 0 atom stereocenters. The number of nitrogens with one attached hydrogen (secondary N) is 2. The minimum absolute atomic E-state index is 0.0874. The molecule has 188 valence electrons. The Balaban J connectivity index is 1.58. The van der Waals surface area contributed by atoms with Gasteiger partial charge in [-0.15, -0.1) is 0 Å². The standard InChI is InChI=1S/C24H29N9O3/c1-4-5-6-7-11-33-14-16(12-27-33)28-24-25-13-18(23(34)35)22(30-24)29-19-10-8-9-17(20(19)36-3)21-26-15-32(2)31-21/h8-10,12-15H,4-7,11H2,1-3H3,(H,34,35)(H2,25,28,29,30). The van der Waals surface area contributed by atoms with E-state index in [0.717, 1.165) is 19.4 Å². The summed E-state index contributed by atoms with van der Waals surface area (Å²) in [7, 11) is 3.30. The maximum atomic E-state index is 11.9. The van der Waals surface area contributed by atoms with E-state index in [2.05, 4.69) is 42.7 Å². The third-order valence-corrected chi connectivity index (χ3v) is 5.46. The van der Waals surface area contributed by atoms with Crippen LogP contribution in [0.4, 0.5) is 23.1 Å². The molecule has 0 fully saturated rings. The van der Waals surface area contributed by atoms with Gasteiger partial charge in [0.25, 0.3) is 0 Å². The molecule has 0 amide bonds. The zero-order chi connectivity index (χ0) is 25.5. The van der Waals surface area contributed by atoms with E-state index in [0.29, 0.717) is 28.5 Å². The van der Waals surface area contributed by atoms with Gasteiger partial charge in [0, 0.05) is 26.0 Å². The van der Waals surface area contributed by atoms with E-state index >= 15 is 0 Å². The predicted octanol–water partition coefficient (Wildman–Crippen LogP) is 4.24. The lowest BCUT2D eigenvalue weighted by molar-refractivity contribution is 0.0697. The first-order chi connectivity index (χ1) is 17.5. The highest BCUT2D eigenvalue weighted by Crippen LogP contribution is 2.36. The Morgan fingerprint density at radius 2 is 2.00 bits per heavy atom. The van der Waals surface area contributed by atoms with Gasteiger partial charge in [0.2, 0.25) is 5.95 Å². The Kier molecular flexibility index (Phi) is 7.73. The van der Waals surface area contributed by atoms with E-state index in [1.165, 1.54) is 26.1 Å². The summed E-state index contributed by atoms with van der Waals surface area (Å²) in [5.41, 5.74) is 1.78. The summed E-state index contributed by atoms with van der Waals surface area (Å²) in [5.74, 6) is 0.113. The molecule has 4 aromatic rings. The zero-order valence-corrected chi connectivity index (χ0v) is 20.5. The number of ether oxygens (including phenoxy) is 1. The fraction of sp³-hybridized carbons (Fsp3) is 0.333. The summed E-state index contributed by atoms with van der Waals surface area (Å²) in [4.78, 5) is 24.7. The summed E-state index contributed by atoms with van der Waals surface area (Å²) in [6.45, 7) is 3.01. The number of carbonyl (C=O) groups is 1. The Labute approximate surface area is 208 Å². The van der Waals surface area contributed by atoms with Crippen LogP contribution in [0.5, 0.6) is 5.75 Å². The van der Waals surface area contributed by atoms with Crippen LogP contribution in [0, 0.1) is 0 Å². The normalized spacial score (nSPS) is 10.9. The molecule has 0 aliphatic rings. The van der Waals surface area contributed by atoms with E-state index in [1.807, 2.05) is 16.9 Å². The van der Waals surface area contributed by atoms with E-state index in [-0.39, 0.29) is 17.3 Å². The van der Waals surface area contributed by atoms with Crippen LogP contribution in [0.3, 0.4) is 0 Å². The number of benzene rings is 1. The highest BCUT2D eigenvalue weighted by Gasteiger charge is 2.19. The number of para-hydroxylation sites is 1. The maximum absolute atomic E-state index is 11.9. The van der Waals surface area contributed by atoms with Gasteiger partial charge < -0.3 is 20.5 Å². The van der Waals surface area contributed by atoms with Gasteiger partial charge in [-0.3, -0.25) is 9.36 Å². The SMILES string of the molecule is CCCCCCn1cc(Nc2ncc(C(=O)O)c(Nc3cccc(-c4ncn(C)n4)c3OC)n2)cn1. The van der Waals surface area contributed by atoms with E-state index in [1.54, 1.807) is 36.4 Å². The molecule has 1 aromatic carbocycles. The molecule has 3 aromatic heterocycles. The van der Waals surface area contributed by atoms with Crippen LogP contribution in [-0.2, 0) is 13.6 Å². The average molecular weight is 492 g/mol. The van der Waals surface area contributed by atoms with Crippen molar-refractivity contribution in [3.05, 3.63) is 48.7 Å². The van der Waals surface area contributed by atoms with Crippen LogP contribution in [0.25, 0.3) is 11.4 Å². The molecular weight excluding hydrogens is 462 g/mol. The molecule has 12 nitrogen and oxygen atoms in total. The summed E-state index contributed by atoms with van der Waals surface area (Å²) in [6, 6.07) is 5.38. The number of aromatic nitrogens is 7. The molecule has 0 spiro atoms. The Bertz CT molecular complexity index is 1330. The van der Waals surface area contributed by atoms with Crippen molar-refractivity contribution in [3.8, 4) is 17.1 Å². The Hall–Kier alpha value is -4.48. The van der Waals surface area contributed by atoms with Crippen molar-refractivity contribution in [2.45, 2.75) is 39.2 Å². The third kappa shape index (κ3) is 5.77. The van der Waals surface area contributed by atoms with Crippen LogP contribution in [0.2, 0.25) is 0 Å². The first-order valence-corrected chi connectivity index (χ1v) is 11.7. The molecule has 0 radical (unpaired) electrons. The molecule has 0 aliphatic heterocycles. The smallest absolute Gasteiger partial charge is 0.341 e. The predicted molar refractivity (Wildman–Crippen MR) is 135 cm³/mol. The summed E-state index contributed by atoms with van der Waals surface area (Å²) < 4.78 is 9.08. The minimum Gasteiger partial charge on any atom is -0.494 e. The zero-order valence-electron chi connectivity index (χ0n) is 20.5. The number of hydrogen-bond acceptors (Lipinski definition) is 9. The lowest BCUT2D eigenvalue weighted by atomic mass is 10.1. The number of nitrogens with zero attached hydrogens (tertiary/aromatic N) is 7. The van der Waals surface area contributed by atoms with Crippen molar-refractivity contribution in [2.75, 3.05) is 17.7 Å². The number of methoxy groups -OCH3 is 1. The monoisotopic (exact) mass is 491 g/mol. The van der Waals surface area contributed by atoms with E-state index in [9.17, 15) is 9.90 Å². The summed E-state index contributed by atoms with van der Waals surface area (Å²) in [6.07, 6.45) is 11.0. The van der Waals surface area contributed by atoms with Gasteiger partial charge in [0.05, 0.1) is 30.2 Å². The first kappa shape index (κ1) is 24.6. The second kappa shape index (κ2) is 11.3. The highest BCUT2D eigenvalue weighted by molar-refractivity contribution is 5.94. The second-order valence-electron chi connectivity index (χ2n) is 8.19. The topological polar surface area (TPSA) is 145 Å². The van der Waals surface area contributed by atoms with Gasteiger partial charge in [-0.1, -0.05) is 32.3 Å². The van der Waals surface area contributed by atoms with Crippen LogP contribution in [0.1, 0.15) is 43.0 Å². The molecule has 12 heteroatoms. The van der Waals surface area contributed by atoms with Gasteiger partial charge in [-0.25, -0.2) is 14.8 Å². The van der Waals surface area contributed by atoms with Crippen molar-refractivity contribution in [1.82, 2.24) is 34.5 Å². The number of carboxylic acids is 1. The number of carboxylic acid groups (broad SMARTS) is 1. The third-order valence-electron chi connectivity index (χ3n) is 5.46. The van der Waals surface area contributed by atoms with Crippen molar-refractivity contribution in [2.24, 2.45) is 7.05 Å². The molecule has 0 unspecified atom stereocenters. The molecule has 3 heterocycles. The van der Waals surface area contributed by atoms with Gasteiger partial charge in [0.1, 0.15) is 11.9 Å². The molecular formula is C24H29N9O3. The molecule has 0 saturated heterocycles. The first-order valence-electron chi connectivity index (χ1n) is 11.7. The quantitative estimate of drug-likeness (QED) is 0.246. The Morgan fingerprint density at radius 1 is 1.14 bits per heavy atom. The molecule has 0 saturated carbocycles. The summed E-state index contributed by atoms with van der Waals surface area (Å²) in [5, 5.41) is 24.6. The van der Waals surface area contributed by atoms with Gasteiger partial charge in [0.15, 0.2) is 17.4 Å². The molecule has 3 N–H and O–H groups in total.